The standard InChI is InChI=1S/C7H11N/c1-6-2-3-7(4-6)5-8/h6-7H,2-4H2,1H3/t6-,7-/m1/s1. The summed E-state index contributed by atoms with van der Waals surface area (Å²) in [7, 11) is 0. The minimum atomic E-state index is 0.380. The van der Waals surface area contributed by atoms with Crippen molar-refractivity contribution in [3.8, 4) is 6.07 Å². The fourth-order valence-corrected chi connectivity index (χ4v) is 1.32. The van der Waals surface area contributed by atoms with Gasteiger partial charge in [0.05, 0.1) is 6.07 Å². The van der Waals surface area contributed by atoms with E-state index in [0.717, 1.165) is 18.8 Å². The van der Waals surface area contributed by atoms with Crippen molar-refractivity contribution < 1.29 is 0 Å². The third kappa shape index (κ3) is 1.01. The van der Waals surface area contributed by atoms with Crippen molar-refractivity contribution in [2.45, 2.75) is 26.2 Å². The predicted molar refractivity (Wildman–Crippen MR) is 32.1 cm³/mol. The summed E-state index contributed by atoms with van der Waals surface area (Å²) >= 11 is 0. The van der Waals surface area contributed by atoms with Crippen LogP contribution in [-0.2, 0) is 0 Å². The minimum absolute atomic E-state index is 0.380. The van der Waals surface area contributed by atoms with Gasteiger partial charge in [-0.2, -0.15) is 5.26 Å². The zero-order valence-corrected chi connectivity index (χ0v) is 5.22. The SMILES string of the molecule is C[C@@H]1CC[C@@H](C#N)C1. The van der Waals surface area contributed by atoms with Crippen LogP contribution in [0.15, 0.2) is 0 Å². The molecular weight excluding hydrogens is 98.1 g/mol. The highest BCUT2D eigenvalue weighted by molar-refractivity contribution is 4.88. The van der Waals surface area contributed by atoms with Crippen LogP contribution >= 0.6 is 0 Å². The quantitative estimate of drug-likeness (QED) is 0.466. The Morgan fingerprint density at radius 2 is 2.25 bits per heavy atom. The lowest BCUT2D eigenvalue weighted by Gasteiger charge is -1.94. The third-order valence-electron chi connectivity index (χ3n) is 1.88. The van der Waals surface area contributed by atoms with Crippen LogP contribution in [0.3, 0.4) is 0 Å². The normalized spacial score (nSPS) is 37.0. The van der Waals surface area contributed by atoms with Crippen molar-refractivity contribution in [3.05, 3.63) is 0 Å². The summed E-state index contributed by atoms with van der Waals surface area (Å²) in [6, 6.07) is 2.29. The topological polar surface area (TPSA) is 23.8 Å². The van der Waals surface area contributed by atoms with E-state index in [-0.39, 0.29) is 0 Å². The van der Waals surface area contributed by atoms with Crippen LogP contribution in [0.5, 0.6) is 0 Å². The molecule has 0 saturated heterocycles. The van der Waals surface area contributed by atoms with Crippen LogP contribution in [-0.4, -0.2) is 0 Å². The first kappa shape index (κ1) is 5.62. The van der Waals surface area contributed by atoms with Crippen molar-refractivity contribution in [2.75, 3.05) is 0 Å². The van der Waals surface area contributed by atoms with Crippen molar-refractivity contribution >= 4 is 0 Å². The Morgan fingerprint density at radius 3 is 2.50 bits per heavy atom. The molecule has 8 heavy (non-hydrogen) atoms. The Labute approximate surface area is 50.3 Å². The van der Waals surface area contributed by atoms with Gasteiger partial charge in [-0.15, -0.1) is 0 Å². The lowest BCUT2D eigenvalue weighted by atomic mass is 10.1. The van der Waals surface area contributed by atoms with E-state index in [1.165, 1.54) is 6.42 Å². The van der Waals surface area contributed by atoms with Gasteiger partial charge in [-0.05, 0) is 25.2 Å². The molecule has 0 aromatic heterocycles. The van der Waals surface area contributed by atoms with Gasteiger partial charge in [0.2, 0.25) is 0 Å². The second-order valence-electron chi connectivity index (χ2n) is 2.74. The van der Waals surface area contributed by atoms with Gasteiger partial charge in [-0.1, -0.05) is 6.92 Å². The van der Waals surface area contributed by atoms with Crippen LogP contribution in [0.1, 0.15) is 26.2 Å². The molecule has 1 aliphatic carbocycles. The molecule has 44 valence electrons. The zero-order chi connectivity index (χ0) is 5.98. The number of nitriles is 1. The molecule has 1 rings (SSSR count). The Balaban J connectivity index is 2.35. The van der Waals surface area contributed by atoms with Crippen molar-refractivity contribution in [2.24, 2.45) is 11.8 Å². The molecule has 0 aromatic carbocycles. The second kappa shape index (κ2) is 2.17. The van der Waals surface area contributed by atoms with Gasteiger partial charge < -0.3 is 0 Å². The van der Waals surface area contributed by atoms with Crippen molar-refractivity contribution in [3.63, 3.8) is 0 Å². The largest absolute Gasteiger partial charge is 0.198 e. The summed E-state index contributed by atoms with van der Waals surface area (Å²) in [6.07, 6.45) is 3.53. The predicted octanol–water partition coefficient (Wildman–Crippen LogP) is 1.95. The smallest absolute Gasteiger partial charge is 0.0655 e. The molecule has 1 fully saturated rings. The molecule has 1 aliphatic rings. The summed E-state index contributed by atoms with van der Waals surface area (Å²) in [6.45, 7) is 2.22. The van der Waals surface area contributed by atoms with E-state index in [1.54, 1.807) is 0 Å². The fourth-order valence-electron chi connectivity index (χ4n) is 1.32. The summed E-state index contributed by atoms with van der Waals surface area (Å²) in [5.74, 6) is 1.18. The average molecular weight is 109 g/mol. The first-order chi connectivity index (χ1) is 3.83. The molecule has 0 radical (unpaired) electrons. The first-order valence-corrected chi connectivity index (χ1v) is 3.22. The Hall–Kier alpha value is -0.510. The summed E-state index contributed by atoms with van der Waals surface area (Å²) in [4.78, 5) is 0. The number of hydrogen-bond acceptors (Lipinski definition) is 1. The molecule has 0 unspecified atom stereocenters. The molecule has 0 amide bonds. The average Bonchev–Trinajstić information content (AvgIpc) is 2.14. The molecule has 1 saturated carbocycles. The summed E-state index contributed by atoms with van der Waals surface area (Å²) < 4.78 is 0. The van der Waals surface area contributed by atoms with E-state index >= 15 is 0 Å². The molecule has 0 heterocycles. The first-order valence-electron chi connectivity index (χ1n) is 3.22. The van der Waals surface area contributed by atoms with Gasteiger partial charge in [0.1, 0.15) is 0 Å². The maximum Gasteiger partial charge on any atom is 0.0655 e. The van der Waals surface area contributed by atoms with Gasteiger partial charge in [0, 0.05) is 5.92 Å². The van der Waals surface area contributed by atoms with E-state index in [2.05, 4.69) is 13.0 Å². The molecule has 0 aliphatic heterocycles. The maximum atomic E-state index is 8.43. The fraction of sp³-hybridized carbons (Fsp3) is 0.857. The van der Waals surface area contributed by atoms with E-state index in [1.807, 2.05) is 0 Å². The monoisotopic (exact) mass is 109 g/mol. The van der Waals surface area contributed by atoms with E-state index < -0.39 is 0 Å². The summed E-state index contributed by atoms with van der Waals surface area (Å²) in [5.41, 5.74) is 0. The number of hydrogen-bond donors (Lipinski definition) is 0. The van der Waals surface area contributed by atoms with Gasteiger partial charge in [-0.3, -0.25) is 0 Å². The van der Waals surface area contributed by atoms with E-state index in [0.29, 0.717) is 5.92 Å². The van der Waals surface area contributed by atoms with Crippen molar-refractivity contribution in [1.29, 1.82) is 5.26 Å². The van der Waals surface area contributed by atoms with E-state index in [4.69, 9.17) is 5.26 Å². The van der Waals surface area contributed by atoms with Crippen molar-refractivity contribution in [1.82, 2.24) is 0 Å². The third-order valence-corrected chi connectivity index (χ3v) is 1.88. The summed E-state index contributed by atoms with van der Waals surface area (Å²) in [5, 5.41) is 8.43. The minimum Gasteiger partial charge on any atom is -0.198 e. The highest BCUT2D eigenvalue weighted by atomic mass is 14.3. The molecular formula is C7H11N. The molecule has 2 atom stereocenters. The van der Waals surface area contributed by atoms with Crippen LogP contribution in [0.25, 0.3) is 0 Å². The Kier molecular flexibility index (Phi) is 1.53. The molecule has 0 spiro atoms. The second-order valence-corrected chi connectivity index (χ2v) is 2.74. The van der Waals surface area contributed by atoms with Gasteiger partial charge in [0.15, 0.2) is 0 Å². The molecule has 0 N–H and O–H groups in total. The lowest BCUT2D eigenvalue weighted by Crippen LogP contribution is -1.87. The van der Waals surface area contributed by atoms with Crippen LogP contribution in [0.4, 0.5) is 0 Å². The molecule has 1 nitrogen and oxygen atoms in total. The van der Waals surface area contributed by atoms with Gasteiger partial charge >= 0.3 is 0 Å². The van der Waals surface area contributed by atoms with Gasteiger partial charge in [-0.25, -0.2) is 0 Å². The lowest BCUT2D eigenvalue weighted by molar-refractivity contribution is 0.590. The number of nitrogens with zero attached hydrogens (tertiary/aromatic N) is 1. The van der Waals surface area contributed by atoms with E-state index in [9.17, 15) is 0 Å². The highest BCUT2D eigenvalue weighted by Crippen LogP contribution is 2.29. The Morgan fingerprint density at radius 1 is 1.50 bits per heavy atom. The zero-order valence-electron chi connectivity index (χ0n) is 5.22. The maximum absolute atomic E-state index is 8.43. The molecule has 1 heteroatoms. The Bertz CT molecular complexity index is 112. The van der Waals surface area contributed by atoms with Crippen LogP contribution in [0.2, 0.25) is 0 Å². The van der Waals surface area contributed by atoms with Crippen LogP contribution < -0.4 is 0 Å². The highest BCUT2D eigenvalue weighted by Gasteiger charge is 2.19. The van der Waals surface area contributed by atoms with Crippen LogP contribution in [0, 0.1) is 23.2 Å². The molecule has 0 bridgehead atoms. The molecule has 0 aromatic rings. The van der Waals surface area contributed by atoms with Gasteiger partial charge in [0.25, 0.3) is 0 Å². The number of rotatable bonds is 0.